The smallest absolute Gasteiger partial charge is 0.238 e. The Kier molecular flexibility index (Phi) is 5.12. The second kappa shape index (κ2) is 7.15. The lowest BCUT2D eigenvalue weighted by Gasteiger charge is -2.40. The number of allylic oxidation sites excluding steroid dienone is 2. The minimum Gasteiger partial charge on any atom is -0.274 e. The summed E-state index contributed by atoms with van der Waals surface area (Å²) in [4.78, 5) is 28.1. The van der Waals surface area contributed by atoms with Crippen molar-refractivity contribution in [1.82, 2.24) is 0 Å². The van der Waals surface area contributed by atoms with Gasteiger partial charge in [-0.15, -0.1) is 0 Å². The highest BCUT2D eigenvalue weighted by Crippen LogP contribution is 2.52. The second-order valence-electron chi connectivity index (χ2n) is 7.19. The van der Waals surface area contributed by atoms with Gasteiger partial charge in [0.2, 0.25) is 11.8 Å². The van der Waals surface area contributed by atoms with E-state index in [0.29, 0.717) is 5.69 Å². The van der Waals surface area contributed by atoms with E-state index in [1.807, 2.05) is 30.3 Å². The van der Waals surface area contributed by atoms with Gasteiger partial charge in [0.25, 0.3) is 0 Å². The van der Waals surface area contributed by atoms with Gasteiger partial charge in [0.05, 0.1) is 17.5 Å². The first-order valence-corrected chi connectivity index (χ1v) is 9.75. The molecule has 1 aromatic carbocycles. The predicted octanol–water partition coefficient (Wildman–Crippen LogP) is 4.97. The van der Waals surface area contributed by atoms with E-state index < -0.39 is 0 Å². The summed E-state index contributed by atoms with van der Waals surface area (Å²) in [5, 5.41) is 0. The summed E-state index contributed by atoms with van der Waals surface area (Å²) in [5.41, 5.74) is 3.59. The first-order valence-electron chi connectivity index (χ1n) is 9.75. The number of benzene rings is 1. The first kappa shape index (κ1) is 17.9. The SMILES string of the molecule is CCC1=C(CC)[C@H](CC)[C@@H]2C(=O)N(c3ccccc3)C(=O)[C@@H]2[C@@H]1CC. The molecule has 0 spiro atoms. The molecule has 1 aliphatic carbocycles. The number of para-hydroxylation sites is 1. The number of carbonyl (C=O) groups excluding carboxylic acids is 2. The van der Waals surface area contributed by atoms with Crippen LogP contribution in [-0.4, -0.2) is 11.8 Å². The van der Waals surface area contributed by atoms with Crippen molar-refractivity contribution in [3.63, 3.8) is 0 Å². The van der Waals surface area contributed by atoms with Gasteiger partial charge in [-0.1, -0.05) is 57.0 Å². The molecule has 0 unspecified atom stereocenters. The standard InChI is InChI=1S/C22H29NO2/c1-5-15-16(6-2)18(8-4)20-19(17(15)7-3)21(24)23(22(20)25)14-12-10-9-11-13-14/h9-13,17-20H,5-8H2,1-4H3/t17-,18+,19-,20+. The quantitative estimate of drug-likeness (QED) is 0.561. The van der Waals surface area contributed by atoms with Crippen LogP contribution in [0.15, 0.2) is 41.5 Å². The lowest BCUT2D eigenvalue weighted by atomic mass is 9.62. The summed E-state index contributed by atoms with van der Waals surface area (Å²) in [6.07, 6.45) is 3.81. The number of carbonyl (C=O) groups is 2. The summed E-state index contributed by atoms with van der Waals surface area (Å²) in [6, 6.07) is 9.42. The maximum Gasteiger partial charge on any atom is 0.238 e. The number of rotatable bonds is 5. The van der Waals surface area contributed by atoms with Crippen molar-refractivity contribution in [2.24, 2.45) is 23.7 Å². The number of imide groups is 1. The van der Waals surface area contributed by atoms with Crippen LogP contribution in [0.1, 0.15) is 53.4 Å². The van der Waals surface area contributed by atoms with Crippen LogP contribution in [0.3, 0.4) is 0 Å². The van der Waals surface area contributed by atoms with Crippen molar-refractivity contribution in [3.05, 3.63) is 41.5 Å². The van der Waals surface area contributed by atoms with Crippen LogP contribution in [0, 0.1) is 23.7 Å². The van der Waals surface area contributed by atoms with Gasteiger partial charge in [-0.05, 0) is 49.7 Å². The summed E-state index contributed by atoms with van der Waals surface area (Å²) in [6.45, 7) is 8.69. The Hall–Kier alpha value is -1.90. The largest absolute Gasteiger partial charge is 0.274 e. The molecule has 1 heterocycles. The molecule has 3 rings (SSSR count). The van der Waals surface area contributed by atoms with Crippen molar-refractivity contribution >= 4 is 17.5 Å². The second-order valence-corrected chi connectivity index (χ2v) is 7.19. The number of anilines is 1. The Morgan fingerprint density at radius 3 is 1.56 bits per heavy atom. The predicted molar refractivity (Wildman–Crippen MR) is 101 cm³/mol. The molecule has 3 heteroatoms. The summed E-state index contributed by atoms with van der Waals surface area (Å²) in [5.74, 6) is 0.0526. The van der Waals surface area contributed by atoms with Crippen molar-refractivity contribution in [3.8, 4) is 0 Å². The van der Waals surface area contributed by atoms with E-state index in [1.54, 1.807) is 0 Å². The van der Waals surface area contributed by atoms with E-state index in [9.17, 15) is 9.59 Å². The molecule has 25 heavy (non-hydrogen) atoms. The minimum absolute atomic E-state index is 0.00704. The van der Waals surface area contributed by atoms with E-state index in [2.05, 4.69) is 27.7 Å². The molecule has 4 atom stereocenters. The Morgan fingerprint density at radius 2 is 1.20 bits per heavy atom. The van der Waals surface area contributed by atoms with Gasteiger partial charge >= 0.3 is 0 Å². The Bertz CT molecular complexity index is 651. The molecule has 0 bridgehead atoms. The Balaban J connectivity index is 2.12. The third-order valence-corrected chi connectivity index (χ3v) is 6.23. The molecular formula is C22H29NO2. The van der Waals surface area contributed by atoms with Gasteiger partial charge in [0, 0.05) is 0 Å². The van der Waals surface area contributed by atoms with Gasteiger partial charge in [-0.2, -0.15) is 0 Å². The van der Waals surface area contributed by atoms with Crippen LogP contribution in [0.25, 0.3) is 0 Å². The number of hydrogen-bond donors (Lipinski definition) is 0. The zero-order chi connectivity index (χ0) is 18.1. The van der Waals surface area contributed by atoms with E-state index in [-0.39, 0.29) is 35.5 Å². The number of hydrogen-bond acceptors (Lipinski definition) is 2. The fourth-order valence-corrected chi connectivity index (χ4v) is 5.28. The average Bonchev–Trinajstić information content (AvgIpc) is 2.91. The van der Waals surface area contributed by atoms with Crippen LogP contribution in [0.5, 0.6) is 0 Å². The molecule has 3 nitrogen and oxygen atoms in total. The number of fused-ring (bicyclic) bond motifs is 1. The molecule has 0 saturated carbocycles. The topological polar surface area (TPSA) is 37.4 Å². The minimum atomic E-state index is -0.187. The third-order valence-electron chi connectivity index (χ3n) is 6.23. The molecule has 2 aliphatic rings. The van der Waals surface area contributed by atoms with E-state index >= 15 is 0 Å². The molecule has 1 saturated heterocycles. The van der Waals surface area contributed by atoms with Gasteiger partial charge in [-0.3, -0.25) is 14.5 Å². The van der Waals surface area contributed by atoms with Crippen LogP contribution >= 0.6 is 0 Å². The maximum absolute atomic E-state index is 13.3. The Labute approximate surface area is 151 Å². The highest BCUT2D eigenvalue weighted by molar-refractivity contribution is 6.22. The monoisotopic (exact) mass is 339 g/mol. The lowest BCUT2D eigenvalue weighted by molar-refractivity contribution is -0.123. The van der Waals surface area contributed by atoms with Gasteiger partial charge < -0.3 is 0 Å². The van der Waals surface area contributed by atoms with Gasteiger partial charge in [0.1, 0.15) is 0 Å². The fraction of sp³-hybridized carbons (Fsp3) is 0.545. The van der Waals surface area contributed by atoms with Crippen LogP contribution in [0.4, 0.5) is 5.69 Å². The van der Waals surface area contributed by atoms with Crippen LogP contribution in [-0.2, 0) is 9.59 Å². The zero-order valence-corrected chi connectivity index (χ0v) is 15.8. The molecular weight excluding hydrogens is 310 g/mol. The van der Waals surface area contributed by atoms with Crippen molar-refractivity contribution in [2.45, 2.75) is 53.4 Å². The lowest BCUT2D eigenvalue weighted by Crippen LogP contribution is -2.38. The molecule has 134 valence electrons. The molecule has 1 aromatic rings. The van der Waals surface area contributed by atoms with E-state index in [1.165, 1.54) is 16.0 Å². The molecule has 1 fully saturated rings. The number of nitrogens with zero attached hydrogens (tertiary/aromatic N) is 1. The first-order chi connectivity index (χ1) is 12.1. The molecule has 0 N–H and O–H groups in total. The van der Waals surface area contributed by atoms with Crippen LogP contribution in [0.2, 0.25) is 0 Å². The zero-order valence-electron chi connectivity index (χ0n) is 15.8. The van der Waals surface area contributed by atoms with Crippen molar-refractivity contribution in [1.29, 1.82) is 0 Å². The summed E-state index contributed by atoms with van der Waals surface area (Å²) < 4.78 is 0. The van der Waals surface area contributed by atoms with Gasteiger partial charge in [0.15, 0.2) is 0 Å². The molecule has 2 amide bonds. The van der Waals surface area contributed by atoms with Crippen molar-refractivity contribution in [2.75, 3.05) is 4.90 Å². The van der Waals surface area contributed by atoms with Crippen LogP contribution < -0.4 is 4.90 Å². The fourth-order valence-electron chi connectivity index (χ4n) is 5.28. The third kappa shape index (κ3) is 2.65. The van der Waals surface area contributed by atoms with Crippen molar-refractivity contribution < 1.29 is 9.59 Å². The average molecular weight is 339 g/mol. The maximum atomic E-state index is 13.3. The Morgan fingerprint density at radius 1 is 0.760 bits per heavy atom. The van der Waals surface area contributed by atoms with Gasteiger partial charge in [-0.25, -0.2) is 0 Å². The molecule has 1 aliphatic heterocycles. The highest BCUT2D eigenvalue weighted by Gasteiger charge is 2.56. The summed E-state index contributed by atoms with van der Waals surface area (Å²) in [7, 11) is 0. The van der Waals surface area contributed by atoms with E-state index in [0.717, 1.165) is 25.7 Å². The molecule has 0 aromatic heterocycles. The van der Waals surface area contributed by atoms with E-state index in [4.69, 9.17) is 0 Å². The molecule has 0 radical (unpaired) electrons. The number of amides is 2. The normalized spacial score (nSPS) is 29.4. The highest BCUT2D eigenvalue weighted by atomic mass is 16.2. The summed E-state index contributed by atoms with van der Waals surface area (Å²) >= 11 is 0.